The van der Waals surface area contributed by atoms with Gasteiger partial charge in [-0.3, -0.25) is 28.4 Å². The van der Waals surface area contributed by atoms with Gasteiger partial charge < -0.3 is 42.6 Å². The molecule has 3 aromatic rings. The number of hydrogen-bond donors (Lipinski definition) is 0. The van der Waals surface area contributed by atoms with E-state index < -0.39 is 36.9 Å². The molecule has 0 aliphatic carbocycles. The zero-order valence-electron chi connectivity index (χ0n) is 63.7. The fourth-order valence-corrected chi connectivity index (χ4v) is 14.1. The van der Waals surface area contributed by atoms with Gasteiger partial charge in [0, 0.05) is 40.7 Å². The molecule has 0 saturated heterocycles. The topological polar surface area (TPSA) is 122 Å². The van der Waals surface area contributed by atoms with Crippen LogP contribution in [0.25, 0.3) is 0 Å². The van der Waals surface area contributed by atoms with Gasteiger partial charge in [0.25, 0.3) is 0 Å². The van der Waals surface area contributed by atoms with E-state index in [0.29, 0.717) is 33.3 Å². The third-order valence-corrected chi connectivity index (χ3v) is 20.6. The van der Waals surface area contributed by atoms with Crippen molar-refractivity contribution in [2.75, 3.05) is 88.5 Å². The van der Waals surface area contributed by atoms with Gasteiger partial charge in [0.2, 0.25) is 0 Å². The average molecular weight is 1350 g/mol. The van der Waals surface area contributed by atoms with Crippen LogP contribution in [0.2, 0.25) is 0 Å². The first kappa shape index (κ1) is 82.1. The molecule has 3 aromatic heterocycles. The van der Waals surface area contributed by atoms with Crippen LogP contribution in [-0.4, -0.2) is 116 Å². The van der Waals surface area contributed by atoms with Crippen LogP contribution in [0.5, 0.6) is 0 Å². The minimum atomic E-state index is -0.826. The van der Waals surface area contributed by atoms with Crippen LogP contribution >= 0.6 is 0 Å². The van der Waals surface area contributed by atoms with Crippen LogP contribution in [-0.2, 0) is 62.5 Å². The Morgan fingerprint density at radius 1 is 0.402 bits per heavy atom. The maximum Gasteiger partial charge on any atom is 0.193 e. The van der Waals surface area contributed by atoms with Gasteiger partial charge >= 0.3 is 0 Å². The molecule has 97 heavy (non-hydrogen) atoms. The number of unbranched alkanes of at least 4 members (excludes halogenated alkanes) is 21. The SMILES string of the molecule is C=C(CCCCCC)CCCCCCC[N+](C)(C)c1cncc2c1C(OCC(C)(COC1OC(C)OCc3cncc([N+](C)(C)CCCCCCCC(=C)CCCCCC)c31)COC1OC(C)OCc3cncc([N+](C)(C)CCCCCCCC(=C)CCCCCC)c31)OCOC2. The number of nitrogens with zero attached hydrogens (tertiary/aromatic N) is 6. The highest BCUT2D eigenvalue weighted by molar-refractivity contribution is 5.54. The maximum atomic E-state index is 7.29. The molecule has 548 valence electrons. The van der Waals surface area contributed by atoms with Crippen molar-refractivity contribution >= 4 is 17.1 Å². The highest BCUT2D eigenvalue weighted by Crippen LogP contribution is 2.43. The Hall–Kier alpha value is -3.81. The number of rotatable bonds is 51. The van der Waals surface area contributed by atoms with E-state index in [9.17, 15) is 0 Å². The van der Waals surface area contributed by atoms with Gasteiger partial charge in [-0.2, -0.15) is 0 Å². The highest BCUT2D eigenvalue weighted by Gasteiger charge is 2.41. The lowest BCUT2D eigenvalue weighted by Crippen LogP contribution is -2.43. The van der Waals surface area contributed by atoms with E-state index in [0.717, 1.165) is 109 Å². The van der Waals surface area contributed by atoms with Crippen LogP contribution in [0.3, 0.4) is 0 Å². The van der Waals surface area contributed by atoms with Crippen molar-refractivity contribution in [1.82, 2.24) is 28.4 Å². The first-order valence-corrected chi connectivity index (χ1v) is 38.7. The molecule has 0 saturated carbocycles. The summed E-state index contributed by atoms with van der Waals surface area (Å²) in [6.07, 6.45) is 48.5. The molecule has 15 nitrogen and oxygen atoms in total. The van der Waals surface area contributed by atoms with E-state index in [1.54, 1.807) is 0 Å². The third kappa shape index (κ3) is 28.5. The molecule has 0 radical (unpaired) electrons. The summed E-state index contributed by atoms with van der Waals surface area (Å²) in [5.74, 6) is 0. The fourth-order valence-electron chi connectivity index (χ4n) is 14.1. The monoisotopic (exact) mass is 1350 g/mol. The van der Waals surface area contributed by atoms with E-state index in [4.69, 9.17) is 57.6 Å². The summed E-state index contributed by atoms with van der Waals surface area (Å²) in [5, 5.41) is 0. The number of hydrogen-bond acceptors (Lipinski definition) is 12. The Bertz CT molecular complexity index is 2630. The summed E-state index contributed by atoms with van der Waals surface area (Å²) in [7, 11) is 13.7. The molecule has 6 heterocycles. The second-order valence-electron chi connectivity index (χ2n) is 31.1. The van der Waals surface area contributed by atoms with Crippen molar-refractivity contribution in [3.63, 3.8) is 0 Å². The maximum absolute atomic E-state index is 7.29. The lowest BCUT2D eigenvalue weighted by Gasteiger charge is -2.37. The Morgan fingerprint density at radius 3 is 1.03 bits per heavy atom. The van der Waals surface area contributed by atoms with Gasteiger partial charge in [-0.25, -0.2) is 0 Å². The Morgan fingerprint density at radius 2 is 0.691 bits per heavy atom. The molecule has 3 aliphatic heterocycles. The summed E-state index contributed by atoms with van der Waals surface area (Å²) < 4.78 is 62.8. The van der Waals surface area contributed by atoms with Crippen LogP contribution in [0.15, 0.2) is 73.6 Å². The second-order valence-corrected chi connectivity index (χ2v) is 31.1. The third-order valence-electron chi connectivity index (χ3n) is 20.6. The molecule has 6 rings (SSSR count). The first-order chi connectivity index (χ1) is 46.7. The van der Waals surface area contributed by atoms with Gasteiger partial charge in [0.15, 0.2) is 55.3 Å². The fraction of sp³-hybridized carbons (Fsp3) is 0.744. The number of aromatic nitrogens is 3. The lowest BCUT2D eigenvalue weighted by molar-refractivity contribution is -0.270. The Labute approximate surface area is 591 Å². The number of allylic oxidation sites excluding steroid dienone is 3. The molecule has 0 amide bonds. The van der Waals surface area contributed by atoms with E-state index >= 15 is 0 Å². The van der Waals surface area contributed by atoms with E-state index in [1.165, 1.54) is 190 Å². The number of pyridine rings is 3. The van der Waals surface area contributed by atoms with Crippen molar-refractivity contribution in [2.24, 2.45) is 5.41 Å². The summed E-state index contributed by atoms with van der Waals surface area (Å²) >= 11 is 0. The normalized spacial score (nSPS) is 19.1. The first-order valence-electron chi connectivity index (χ1n) is 38.7. The quantitative estimate of drug-likeness (QED) is 0.0304. The molecule has 5 atom stereocenters. The van der Waals surface area contributed by atoms with Gasteiger partial charge in [-0.15, -0.1) is 0 Å². The molecule has 0 bridgehead atoms. The van der Waals surface area contributed by atoms with Crippen LogP contribution in [0.4, 0.5) is 17.1 Å². The summed E-state index contributed by atoms with van der Waals surface area (Å²) in [6, 6.07) is 0. The zero-order valence-corrected chi connectivity index (χ0v) is 63.7. The number of ether oxygens (including phenoxy) is 9. The molecule has 0 spiro atoms. The smallest absolute Gasteiger partial charge is 0.193 e. The summed E-state index contributed by atoms with van der Waals surface area (Å²) in [5.41, 5.74) is 12.4. The molecule has 15 heteroatoms. The molecular formula is C82H139N6O9+3. The number of quaternary nitrogens is 3. The van der Waals surface area contributed by atoms with Crippen LogP contribution in [0, 0.1) is 5.41 Å². The van der Waals surface area contributed by atoms with Gasteiger partial charge in [-0.05, 0) is 129 Å². The minimum absolute atomic E-state index is 0.0662. The molecule has 5 unspecified atom stereocenters. The predicted molar refractivity (Wildman–Crippen MR) is 401 cm³/mol. The van der Waals surface area contributed by atoms with Crippen LogP contribution < -0.4 is 13.4 Å². The molecule has 0 aromatic carbocycles. The minimum Gasteiger partial charge on any atom is -0.351 e. The Balaban J connectivity index is 1.22. The highest BCUT2D eigenvalue weighted by atomic mass is 16.8. The molecule has 0 N–H and O–H groups in total. The van der Waals surface area contributed by atoms with E-state index in [2.05, 4.69) is 89.7 Å². The molecule has 3 aliphatic rings. The van der Waals surface area contributed by atoms with Crippen molar-refractivity contribution < 1.29 is 42.6 Å². The van der Waals surface area contributed by atoms with E-state index in [-0.39, 0.29) is 26.6 Å². The zero-order chi connectivity index (χ0) is 69.9. The molecular weight excluding hydrogens is 1210 g/mol. The van der Waals surface area contributed by atoms with Crippen molar-refractivity contribution in [2.45, 2.75) is 305 Å². The van der Waals surface area contributed by atoms with Gasteiger partial charge in [-0.1, -0.05) is 160 Å². The molecule has 0 fully saturated rings. The standard InChI is InChI=1S/C82H139N6O9/c1-16-19-22-34-43-65(4)46-37-28-25-31-40-49-86(10,11)73-55-83-52-70-58-89-64-95-79(76(70)73)92-61-82(9,62-93-80-77-71(59-90-68(7)96-80)53-84-56-74(77)87(12,13)50-41-32-26-29-38-47-66(5)44-35-23-20-17-2)63-94-81-78-72(60-91-69(8)97-81)54-85-57-75(78)88(14,15)51-42-33-27-30-39-48-67(6)45-36-24-21-18-3/h52-57,68-69,79-81H,4-6,16-51,58-64H2,1-3,7-15H3/q+3. The van der Waals surface area contributed by atoms with Crippen molar-refractivity contribution in [3.8, 4) is 0 Å². The predicted octanol–water partition coefficient (Wildman–Crippen LogP) is 20.9. The Kier molecular flexibility index (Phi) is 37.2. The largest absolute Gasteiger partial charge is 0.351 e. The van der Waals surface area contributed by atoms with Crippen molar-refractivity contribution in [3.05, 3.63) is 107 Å². The van der Waals surface area contributed by atoms with Crippen molar-refractivity contribution in [1.29, 1.82) is 0 Å². The van der Waals surface area contributed by atoms with Crippen LogP contribution in [0.1, 0.15) is 306 Å². The van der Waals surface area contributed by atoms with Gasteiger partial charge in [0.05, 0.1) is 137 Å². The second kappa shape index (κ2) is 43.9. The lowest BCUT2D eigenvalue weighted by atomic mass is 9.93. The van der Waals surface area contributed by atoms with E-state index in [1.807, 2.05) is 51.0 Å². The number of fused-ring (bicyclic) bond motifs is 3. The summed E-state index contributed by atoms with van der Waals surface area (Å²) in [4.78, 5) is 14.5. The van der Waals surface area contributed by atoms with Gasteiger partial charge in [0.1, 0.15) is 0 Å². The average Bonchev–Trinajstić information content (AvgIpc) is 1.73. The summed E-state index contributed by atoms with van der Waals surface area (Å²) in [6.45, 7) is 30.6.